The lowest BCUT2D eigenvalue weighted by molar-refractivity contribution is 0.395. The van der Waals surface area contributed by atoms with Crippen LogP contribution in [0.3, 0.4) is 0 Å². The molecule has 0 saturated heterocycles. The highest BCUT2D eigenvalue weighted by atomic mass is 15.1. The zero-order valence-electron chi connectivity index (χ0n) is 13.2. The second-order valence-electron chi connectivity index (χ2n) is 5.73. The van der Waals surface area contributed by atoms with Crippen LogP contribution in [0, 0.1) is 5.92 Å². The Labute approximate surface area is 119 Å². The van der Waals surface area contributed by atoms with Gasteiger partial charge in [-0.25, -0.2) is 0 Å². The molecule has 1 aromatic rings. The van der Waals surface area contributed by atoms with Crippen molar-refractivity contribution in [2.24, 2.45) is 5.92 Å². The zero-order chi connectivity index (χ0) is 14.3. The van der Waals surface area contributed by atoms with Gasteiger partial charge in [-0.15, -0.1) is 0 Å². The quantitative estimate of drug-likeness (QED) is 0.754. The van der Waals surface area contributed by atoms with Gasteiger partial charge in [-0.05, 0) is 36.6 Å². The fraction of sp³-hybridized carbons (Fsp3) is 0.647. The number of hydrogen-bond acceptors (Lipinski definition) is 2. The van der Waals surface area contributed by atoms with Crippen molar-refractivity contribution in [3.63, 3.8) is 0 Å². The van der Waals surface area contributed by atoms with Crippen molar-refractivity contribution >= 4 is 5.69 Å². The van der Waals surface area contributed by atoms with Gasteiger partial charge in [0.2, 0.25) is 0 Å². The molecule has 0 radical (unpaired) electrons. The molecule has 108 valence electrons. The average molecular weight is 262 g/mol. The lowest BCUT2D eigenvalue weighted by Crippen LogP contribution is -2.23. The van der Waals surface area contributed by atoms with Gasteiger partial charge in [0, 0.05) is 25.8 Å². The molecule has 2 heteroatoms. The largest absolute Gasteiger partial charge is 0.378 e. The fourth-order valence-corrected chi connectivity index (χ4v) is 2.62. The molecule has 0 fully saturated rings. The second kappa shape index (κ2) is 8.21. The first-order valence-corrected chi connectivity index (χ1v) is 7.59. The predicted octanol–water partition coefficient (Wildman–Crippen LogP) is 4.23. The summed E-state index contributed by atoms with van der Waals surface area (Å²) >= 11 is 0. The molecule has 1 N–H and O–H groups in total. The molecular weight excluding hydrogens is 232 g/mol. The lowest BCUT2D eigenvalue weighted by Gasteiger charge is -2.23. The minimum atomic E-state index is 0.478. The number of nitrogens with one attached hydrogen (secondary N) is 1. The van der Waals surface area contributed by atoms with E-state index in [9.17, 15) is 0 Å². The number of hydrogen-bond donors (Lipinski definition) is 1. The van der Waals surface area contributed by atoms with Crippen molar-refractivity contribution < 1.29 is 0 Å². The number of benzene rings is 1. The van der Waals surface area contributed by atoms with Crippen molar-refractivity contribution in [3.05, 3.63) is 29.8 Å². The molecule has 0 spiro atoms. The first kappa shape index (κ1) is 16.0. The van der Waals surface area contributed by atoms with Crippen LogP contribution in [0.5, 0.6) is 0 Å². The van der Waals surface area contributed by atoms with Crippen molar-refractivity contribution in [2.75, 3.05) is 25.5 Å². The highest BCUT2D eigenvalue weighted by Gasteiger charge is 2.14. The molecular formula is C17H30N2. The molecule has 0 aliphatic carbocycles. The summed E-state index contributed by atoms with van der Waals surface area (Å²) in [5, 5.41) is 3.64. The van der Waals surface area contributed by atoms with Crippen LogP contribution in [-0.4, -0.2) is 20.6 Å². The van der Waals surface area contributed by atoms with Gasteiger partial charge < -0.3 is 10.2 Å². The van der Waals surface area contributed by atoms with E-state index in [-0.39, 0.29) is 0 Å². The third-order valence-corrected chi connectivity index (χ3v) is 3.66. The molecule has 0 bridgehead atoms. The molecule has 1 aromatic carbocycles. The van der Waals surface area contributed by atoms with E-state index in [0.717, 1.165) is 12.5 Å². The summed E-state index contributed by atoms with van der Waals surface area (Å²) in [6.45, 7) is 7.85. The molecule has 0 saturated carbocycles. The second-order valence-corrected chi connectivity index (χ2v) is 5.73. The summed E-state index contributed by atoms with van der Waals surface area (Å²) in [4.78, 5) is 2.17. The van der Waals surface area contributed by atoms with Gasteiger partial charge in [0.15, 0.2) is 0 Å². The van der Waals surface area contributed by atoms with Crippen LogP contribution in [0.2, 0.25) is 0 Å². The van der Waals surface area contributed by atoms with Crippen molar-refractivity contribution in [1.29, 1.82) is 0 Å². The molecule has 2 nitrogen and oxygen atoms in total. The van der Waals surface area contributed by atoms with Gasteiger partial charge in [-0.2, -0.15) is 0 Å². The minimum Gasteiger partial charge on any atom is -0.378 e. The number of nitrogens with zero attached hydrogens (tertiary/aromatic N) is 1. The van der Waals surface area contributed by atoms with Gasteiger partial charge in [0.05, 0.1) is 0 Å². The van der Waals surface area contributed by atoms with E-state index in [1.54, 1.807) is 0 Å². The topological polar surface area (TPSA) is 15.3 Å². The van der Waals surface area contributed by atoms with Gasteiger partial charge in [-0.3, -0.25) is 0 Å². The maximum absolute atomic E-state index is 3.64. The minimum absolute atomic E-state index is 0.478. The molecule has 0 heterocycles. The molecule has 0 aliphatic rings. The Morgan fingerprint density at radius 3 is 2.53 bits per heavy atom. The van der Waals surface area contributed by atoms with Gasteiger partial charge in [0.1, 0.15) is 0 Å². The first-order valence-electron chi connectivity index (χ1n) is 7.59. The molecule has 2 unspecified atom stereocenters. The van der Waals surface area contributed by atoms with E-state index in [4.69, 9.17) is 0 Å². The summed E-state index contributed by atoms with van der Waals surface area (Å²) < 4.78 is 0. The maximum atomic E-state index is 3.64. The molecule has 0 aromatic heterocycles. The summed E-state index contributed by atoms with van der Waals surface area (Å²) in [5.41, 5.74) is 2.69. The van der Waals surface area contributed by atoms with E-state index < -0.39 is 0 Å². The van der Waals surface area contributed by atoms with E-state index in [1.807, 2.05) is 0 Å². The molecule has 0 aliphatic heterocycles. The van der Waals surface area contributed by atoms with Crippen LogP contribution < -0.4 is 10.2 Å². The van der Waals surface area contributed by atoms with E-state index in [0.29, 0.717) is 6.04 Å². The number of anilines is 1. The fourth-order valence-electron chi connectivity index (χ4n) is 2.62. The zero-order valence-corrected chi connectivity index (χ0v) is 13.2. The third kappa shape index (κ3) is 5.23. The van der Waals surface area contributed by atoms with Gasteiger partial charge >= 0.3 is 0 Å². The summed E-state index contributed by atoms with van der Waals surface area (Å²) in [6, 6.07) is 9.37. The predicted molar refractivity (Wildman–Crippen MR) is 85.9 cm³/mol. The van der Waals surface area contributed by atoms with E-state index in [1.165, 1.54) is 30.5 Å². The van der Waals surface area contributed by atoms with E-state index >= 15 is 0 Å². The van der Waals surface area contributed by atoms with Crippen LogP contribution in [-0.2, 0) is 0 Å². The van der Waals surface area contributed by atoms with Crippen molar-refractivity contribution in [2.45, 2.75) is 46.1 Å². The van der Waals surface area contributed by atoms with Crippen LogP contribution in [0.1, 0.15) is 51.6 Å². The smallest absolute Gasteiger partial charge is 0.0364 e. The molecule has 1 rings (SSSR count). The van der Waals surface area contributed by atoms with Gasteiger partial charge in [0.25, 0.3) is 0 Å². The van der Waals surface area contributed by atoms with Gasteiger partial charge in [-0.1, -0.05) is 45.7 Å². The highest BCUT2D eigenvalue weighted by Crippen LogP contribution is 2.26. The Bertz CT molecular complexity index is 360. The Balaban J connectivity index is 2.82. The maximum Gasteiger partial charge on any atom is 0.0364 e. The summed E-state index contributed by atoms with van der Waals surface area (Å²) in [6.07, 6.45) is 3.81. The third-order valence-electron chi connectivity index (χ3n) is 3.66. The lowest BCUT2D eigenvalue weighted by atomic mass is 9.92. The van der Waals surface area contributed by atoms with Crippen LogP contribution in [0.15, 0.2) is 24.3 Å². The Morgan fingerprint density at radius 2 is 1.95 bits per heavy atom. The SMILES string of the molecule is CCCC(C)CC(NCC)c1cccc(N(C)C)c1. The standard InChI is InChI=1S/C17H30N2/c1-6-9-14(3)12-17(18-7-2)15-10-8-11-16(13-15)19(4)5/h8,10-11,13-14,17-18H,6-7,9,12H2,1-5H3. The Hall–Kier alpha value is -1.02. The Morgan fingerprint density at radius 1 is 1.21 bits per heavy atom. The Kier molecular flexibility index (Phi) is 6.93. The van der Waals surface area contributed by atoms with Crippen molar-refractivity contribution in [3.8, 4) is 0 Å². The van der Waals surface area contributed by atoms with Crippen LogP contribution >= 0.6 is 0 Å². The first-order chi connectivity index (χ1) is 9.08. The van der Waals surface area contributed by atoms with Crippen molar-refractivity contribution in [1.82, 2.24) is 5.32 Å². The molecule has 0 amide bonds. The van der Waals surface area contributed by atoms with Crippen LogP contribution in [0.25, 0.3) is 0 Å². The van der Waals surface area contributed by atoms with E-state index in [2.05, 4.69) is 69.3 Å². The summed E-state index contributed by atoms with van der Waals surface area (Å²) in [7, 11) is 4.20. The molecule has 19 heavy (non-hydrogen) atoms. The summed E-state index contributed by atoms with van der Waals surface area (Å²) in [5.74, 6) is 0.775. The van der Waals surface area contributed by atoms with Crippen LogP contribution in [0.4, 0.5) is 5.69 Å². The highest BCUT2D eigenvalue weighted by molar-refractivity contribution is 5.47. The monoisotopic (exact) mass is 262 g/mol. The number of rotatable bonds is 8. The molecule has 2 atom stereocenters. The average Bonchev–Trinajstić information content (AvgIpc) is 2.38. The normalized spacial score (nSPS) is 14.2.